The van der Waals surface area contributed by atoms with Crippen LogP contribution < -0.4 is 0 Å². The number of benzene rings is 1. The number of carboxylic acids is 1. The summed E-state index contributed by atoms with van der Waals surface area (Å²) in [5.41, 5.74) is 2.71. The second-order valence-electron chi connectivity index (χ2n) is 9.00. The molecular weight excluding hydrogens is 336 g/mol. The molecule has 0 radical (unpaired) electrons. The number of carboxylic acid groups (broad SMARTS) is 1. The number of nitrogens with zero attached hydrogens (tertiary/aromatic N) is 2. The van der Waals surface area contributed by atoms with E-state index < -0.39 is 5.97 Å². The van der Waals surface area contributed by atoms with Gasteiger partial charge < -0.3 is 5.11 Å². The van der Waals surface area contributed by atoms with Gasteiger partial charge in [0.1, 0.15) is 0 Å². The Morgan fingerprint density at radius 3 is 2.63 bits per heavy atom. The van der Waals surface area contributed by atoms with Crippen molar-refractivity contribution in [2.45, 2.75) is 70.5 Å². The van der Waals surface area contributed by atoms with E-state index >= 15 is 0 Å². The van der Waals surface area contributed by atoms with E-state index in [1.165, 1.54) is 56.4 Å². The lowest BCUT2D eigenvalue weighted by atomic mass is 9.69. The first kappa shape index (κ1) is 18.9. The van der Waals surface area contributed by atoms with E-state index in [1.807, 2.05) is 0 Å². The lowest BCUT2D eigenvalue weighted by molar-refractivity contribution is -0.137. The predicted molar refractivity (Wildman–Crippen MR) is 108 cm³/mol. The molecule has 0 aliphatic carbocycles. The van der Waals surface area contributed by atoms with Gasteiger partial charge in [-0.3, -0.25) is 14.6 Å². The summed E-state index contributed by atoms with van der Waals surface area (Å²) in [6.07, 6.45) is 7.47. The van der Waals surface area contributed by atoms with E-state index in [-0.39, 0.29) is 0 Å². The van der Waals surface area contributed by atoms with Gasteiger partial charge in [0.15, 0.2) is 0 Å². The fraction of sp³-hybridized carbons (Fsp3) is 0.696. The molecule has 3 aliphatic heterocycles. The fourth-order valence-corrected chi connectivity index (χ4v) is 6.05. The number of hydrogen-bond acceptors (Lipinski definition) is 3. The Morgan fingerprint density at radius 2 is 1.89 bits per heavy atom. The van der Waals surface area contributed by atoms with Crippen molar-refractivity contribution in [2.24, 2.45) is 11.8 Å². The Kier molecular flexibility index (Phi) is 5.84. The van der Waals surface area contributed by atoms with Gasteiger partial charge in [0, 0.05) is 31.6 Å². The van der Waals surface area contributed by atoms with Crippen molar-refractivity contribution in [3.05, 3.63) is 35.4 Å². The van der Waals surface area contributed by atoms with E-state index in [1.54, 1.807) is 0 Å². The van der Waals surface area contributed by atoms with Crippen LogP contribution in [0.15, 0.2) is 24.3 Å². The van der Waals surface area contributed by atoms with Crippen molar-refractivity contribution in [3.8, 4) is 0 Å². The first-order valence-corrected chi connectivity index (χ1v) is 10.9. The molecule has 0 aromatic heterocycles. The molecule has 4 heteroatoms. The van der Waals surface area contributed by atoms with Gasteiger partial charge in [-0.15, -0.1) is 0 Å². The maximum absolute atomic E-state index is 11.1. The molecule has 1 aromatic carbocycles. The third-order valence-electron chi connectivity index (χ3n) is 7.18. The summed E-state index contributed by atoms with van der Waals surface area (Å²) in [7, 11) is 0. The molecule has 3 saturated heterocycles. The summed E-state index contributed by atoms with van der Waals surface area (Å²) in [5, 5.41) is 9.11. The van der Waals surface area contributed by atoms with Crippen LogP contribution in [0.1, 0.15) is 56.1 Å². The van der Waals surface area contributed by atoms with Crippen LogP contribution in [0.25, 0.3) is 0 Å². The molecule has 27 heavy (non-hydrogen) atoms. The van der Waals surface area contributed by atoms with Gasteiger partial charge in [0.2, 0.25) is 0 Å². The second-order valence-corrected chi connectivity index (χ2v) is 9.00. The van der Waals surface area contributed by atoms with Crippen LogP contribution in [0, 0.1) is 18.8 Å². The first-order chi connectivity index (χ1) is 13.1. The number of rotatable bonds is 6. The highest BCUT2D eigenvalue weighted by Gasteiger charge is 2.48. The minimum atomic E-state index is -0.656. The van der Waals surface area contributed by atoms with E-state index in [4.69, 9.17) is 5.11 Å². The van der Waals surface area contributed by atoms with Crippen molar-refractivity contribution < 1.29 is 9.90 Å². The average Bonchev–Trinajstić information content (AvgIpc) is 2.66. The molecule has 4 rings (SSSR count). The number of aryl methyl sites for hydroxylation is 1. The van der Waals surface area contributed by atoms with E-state index in [9.17, 15) is 4.79 Å². The Labute approximate surface area is 163 Å². The monoisotopic (exact) mass is 370 g/mol. The molecule has 3 heterocycles. The summed E-state index contributed by atoms with van der Waals surface area (Å²) in [6, 6.07) is 10.2. The van der Waals surface area contributed by atoms with Crippen molar-refractivity contribution in [3.63, 3.8) is 0 Å². The third kappa shape index (κ3) is 4.22. The number of piperidine rings is 3. The molecule has 148 valence electrons. The maximum atomic E-state index is 11.1. The highest BCUT2D eigenvalue weighted by atomic mass is 16.4. The smallest absolute Gasteiger partial charge is 0.303 e. The van der Waals surface area contributed by atoms with Crippen LogP contribution in [0.2, 0.25) is 0 Å². The summed E-state index contributed by atoms with van der Waals surface area (Å²) < 4.78 is 0. The van der Waals surface area contributed by atoms with E-state index in [0.29, 0.717) is 12.5 Å². The Morgan fingerprint density at radius 1 is 1.15 bits per heavy atom. The number of hydrogen-bond donors (Lipinski definition) is 1. The third-order valence-corrected chi connectivity index (χ3v) is 7.18. The Hall–Kier alpha value is -1.39. The number of likely N-dealkylation sites (tertiary alicyclic amines) is 1. The standard InChI is InChI=1S/C23H34N2O2/c1-17-9-11-18(12-10-17)15-25-16-19-5-3-13-24-14-4-6-20(23(19)24)21(25)7-2-8-22(26)27/h9-12,19-21,23H,2-8,13-16H2,1H3,(H,26,27)/t19-,20-,21-,23+/m1/s1. The second kappa shape index (κ2) is 8.32. The lowest BCUT2D eigenvalue weighted by Crippen LogP contribution is -2.64. The normalized spacial score (nSPS) is 31.4. The van der Waals surface area contributed by atoms with E-state index in [2.05, 4.69) is 41.0 Å². The molecule has 0 spiro atoms. The largest absolute Gasteiger partial charge is 0.481 e. The summed E-state index contributed by atoms with van der Waals surface area (Å²) in [5.74, 6) is 0.860. The van der Waals surface area contributed by atoms with Crippen molar-refractivity contribution >= 4 is 5.97 Å². The quantitative estimate of drug-likeness (QED) is 0.824. The summed E-state index contributed by atoms with van der Waals surface area (Å²) >= 11 is 0. The molecule has 3 aliphatic rings. The summed E-state index contributed by atoms with van der Waals surface area (Å²) in [6.45, 7) is 6.89. The highest BCUT2D eigenvalue weighted by Crippen LogP contribution is 2.43. The predicted octanol–water partition coefficient (Wildman–Crippen LogP) is 3.92. The zero-order chi connectivity index (χ0) is 18.8. The topological polar surface area (TPSA) is 43.8 Å². The van der Waals surface area contributed by atoms with Gasteiger partial charge in [-0.05, 0) is 75.9 Å². The number of carbonyl (C=O) groups is 1. The average molecular weight is 371 g/mol. The van der Waals surface area contributed by atoms with Crippen LogP contribution in [-0.4, -0.2) is 52.6 Å². The minimum absolute atomic E-state index is 0.305. The molecular formula is C23H34N2O2. The molecule has 4 atom stereocenters. The van der Waals surface area contributed by atoms with Crippen molar-refractivity contribution in [1.82, 2.24) is 9.80 Å². The Bertz CT molecular complexity index is 642. The van der Waals surface area contributed by atoms with Crippen molar-refractivity contribution in [1.29, 1.82) is 0 Å². The molecule has 3 fully saturated rings. The minimum Gasteiger partial charge on any atom is -0.481 e. The maximum Gasteiger partial charge on any atom is 0.303 e. The van der Waals surface area contributed by atoms with Gasteiger partial charge in [-0.2, -0.15) is 0 Å². The zero-order valence-electron chi connectivity index (χ0n) is 16.6. The van der Waals surface area contributed by atoms with Gasteiger partial charge in [-0.1, -0.05) is 29.8 Å². The fourth-order valence-electron chi connectivity index (χ4n) is 6.05. The van der Waals surface area contributed by atoms with Crippen LogP contribution in [-0.2, 0) is 11.3 Å². The van der Waals surface area contributed by atoms with Crippen LogP contribution in [0.5, 0.6) is 0 Å². The lowest BCUT2D eigenvalue weighted by Gasteiger charge is -2.57. The van der Waals surface area contributed by atoms with E-state index in [0.717, 1.165) is 37.3 Å². The van der Waals surface area contributed by atoms with Crippen LogP contribution >= 0.6 is 0 Å². The molecule has 0 unspecified atom stereocenters. The van der Waals surface area contributed by atoms with Gasteiger partial charge in [0.05, 0.1) is 0 Å². The molecule has 1 N–H and O–H groups in total. The van der Waals surface area contributed by atoms with Crippen LogP contribution in [0.3, 0.4) is 0 Å². The number of aliphatic carboxylic acids is 1. The van der Waals surface area contributed by atoms with Crippen molar-refractivity contribution in [2.75, 3.05) is 19.6 Å². The van der Waals surface area contributed by atoms with Gasteiger partial charge >= 0.3 is 5.97 Å². The summed E-state index contributed by atoms with van der Waals surface area (Å²) in [4.78, 5) is 16.6. The molecule has 0 bridgehead atoms. The zero-order valence-corrected chi connectivity index (χ0v) is 16.6. The highest BCUT2D eigenvalue weighted by molar-refractivity contribution is 5.66. The van der Waals surface area contributed by atoms with Gasteiger partial charge in [-0.25, -0.2) is 0 Å². The molecule has 4 nitrogen and oxygen atoms in total. The van der Waals surface area contributed by atoms with Gasteiger partial charge in [0.25, 0.3) is 0 Å². The molecule has 1 aromatic rings. The molecule has 0 saturated carbocycles. The van der Waals surface area contributed by atoms with Crippen LogP contribution in [0.4, 0.5) is 0 Å². The molecule has 0 amide bonds. The SMILES string of the molecule is Cc1ccc(CN2C[C@H]3CCCN4CCC[C@@H]([C@H]34)[C@H]2CCCC(=O)O)cc1. The Balaban J connectivity index is 1.54. The first-order valence-electron chi connectivity index (χ1n) is 10.9.